The SMILES string of the molecule is O=[N+]([O-])c1ccc(NCC2OC(O)[C@@H](O)C(O)[C@@H]2O)c2nonc12. The molecule has 130 valence electrons. The molecule has 3 rings (SSSR count). The second-order valence-corrected chi connectivity index (χ2v) is 5.27. The molecule has 0 aliphatic carbocycles. The van der Waals surface area contributed by atoms with Crippen LogP contribution in [0.15, 0.2) is 16.8 Å². The number of benzene rings is 1. The third kappa shape index (κ3) is 2.76. The van der Waals surface area contributed by atoms with Gasteiger partial charge in [-0.15, -0.1) is 0 Å². The molecule has 1 aliphatic heterocycles. The second-order valence-electron chi connectivity index (χ2n) is 5.27. The van der Waals surface area contributed by atoms with E-state index in [9.17, 15) is 30.5 Å². The molecule has 0 saturated carbocycles. The molecule has 1 saturated heterocycles. The first-order valence-electron chi connectivity index (χ1n) is 6.91. The van der Waals surface area contributed by atoms with E-state index in [2.05, 4.69) is 20.3 Å². The van der Waals surface area contributed by atoms with Gasteiger partial charge < -0.3 is 30.5 Å². The van der Waals surface area contributed by atoms with Crippen molar-refractivity contribution in [3.63, 3.8) is 0 Å². The number of nitrogens with zero attached hydrogens (tertiary/aromatic N) is 3. The Labute approximate surface area is 133 Å². The molecule has 1 aromatic heterocycles. The number of nitrogens with one attached hydrogen (secondary N) is 1. The number of anilines is 1. The molecule has 0 radical (unpaired) electrons. The van der Waals surface area contributed by atoms with Crippen molar-refractivity contribution in [2.75, 3.05) is 11.9 Å². The molecule has 1 fully saturated rings. The van der Waals surface area contributed by atoms with E-state index < -0.39 is 35.6 Å². The predicted octanol–water partition coefficient (Wildman–Crippen LogP) is -1.66. The summed E-state index contributed by atoms with van der Waals surface area (Å²) in [5.41, 5.74) is 0.101. The minimum Gasteiger partial charge on any atom is -0.388 e. The average molecular weight is 342 g/mol. The van der Waals surface area contributed by atoms with Gasteiger partial charge >= 0.3 is 5.69 Å². The fourth-order valence-corrected chi connectivity index (χ4v) is 2.45. The summed E-state index contributed by atoms with van der Waals surface area (Å²) in [5, 5.41) is 59.2. The molecule has 0 spiro atoms. The van der Waals surface area contributed by atoms with Crippen LogP contribution in [0.2, 0.25) is 0 Å². The smallest absolute Gasteiger partial charge is 0.300 e. The lowest BCUT2D eigenvalue weighted by Gasteiger charge is -2.38. The minimum atomic E-state index is -1.65. The molecule has 2 heterocycles. The van der Waals surface area contributed by atoms with Crippen LogP contribution >= 0.6 is 0 Å². The fraction of sp³-hybridized carbons (Fsp3) is 0.500. The highest BCUT2D eigenvalue weighted by atomic mass is 16.6. The molecule has 0 amide bonds. The van der Waals surface area contributed by atoms with Gasteiger partial charge in [0, 0.05) is 12.6 Å². The Morgan fingerprint density at radius 3 is 2.54 bits per heavy atom. The average Bonchev–Trinajstić information content (AvgIpc) is 3.04. The standard InChI is InChI=1S/C12H14N4O8/c17-9-6(23-12(20)11(19)10(9)18)3-13-4-1-2-5(16(21)22)8-7(4)14-24-15-8/h1-2,6,9-13,17-20H,3H2/t6?,9-,10?,11+,12?/m1/s1. The van der Waals surface area contributed by atoms with E-state index in [-0.39, 0.29) is 23.3 Å². The molecule has 2 aromatic rings. The van der Waals surface area contributed by atoms with Crippen LogP contribution in [0.5, 0.6) is 0 Å². The molecule has 1 aliphatic rings. The minimum absolute atomic E-state index is 0.0504. The number of aliphatic hydroxyl groups excluding tert-OH is 4. The summed E-state index contributed by atoms with van der Waals surface area (Å²) in [6.07, 6.45) is -7.34. The summed E-state index contributed by atoms with van der Waals surface area (Å²) in [6, 6.07) is 2.59. The summed E-state index contributed by atoms with van der Waals surface area (Å²) in [4.78, 5) is 10.3. The van der Waals surface area contributed by atoms with Gasteiger partial charge in [-0.2, -0.15) is 0 Å². The van der Waals surface area contributed by atoms with E-state index in [0.29, 0.717) is 5.69 Å². The van der Waals surface area contributed by atoms with Gasteiger partial charge in [0.15, 0.2) is 11.8 Å². The van der Waals surface area contributed by atoms with Gasteiger partial charge in [0.2, 0.25) is 5.52 Å². The van der Waals surface area contributed by atoms with Gasteiger partial charge in [-0.05, 0) is 16.4 Å². The maximum Gasteiger partial charge on any atom is 0.300 e. The number of non-ortho nitro benzene ring substituents is 1. The van der Waals surface area contributed by atoms with Crippen molar-refractivity contribution in [3.8, 4) is 0 Å². The van der Waals surface area contributed by atoms with Crippen LogP contribution < -0.4 is 5.32 Å². The van der Waals surface area contributed by atoms with Crippen LogP contribution in [-0.2, 0) is 4.74 Å². The quantitative estimate of drug-likeness (QED) is 0.316. The number of aromatic nitrogens is 2. The summed E-state index contributed by atoms with van der Waals surface area (Å²) in [6.45, 7) is -0.0816. The number of ether oxygens (including phenoxy) is 1. The Bertz CT molecular complexity index is 752. The third-order valence-corrected chi connectivity index (χ3v) is 3.77. The lowest BCUT2D eigenvalue weighted by atomic mass is 9.99. The molecule has 5 atom stereocenters. The Morgan fingerprint density at radius 1 is 1.12 bits per heavy atom. The van der Waals surface area contributed by atoms with E-state index >= 15 is 0 Å². The third-order valence-electron chi connectivity index (χ3n) is 3.77. The van der Waals surface area contributed by atoms with Crippen molar-refractivity contribution in [1.82, 2.24) is 10.3 Å². The number of nitro groups is 1. The number of rotatable bonds is 4. The lowest BCUT2D eigenvalue weighted by molar-refractivity contribution is -0.383. The summed E-state index contributed by atoms with van der Waals surface area (Å²) >= 11 is 0. The molecular formula is C12H14N4O8. The first kappa shape index (κ1) is 16.5. The molecule has 0 bridgehead atoms. The van der Waals surface area contributed by atoms with E-state index in [4.69, 9.17) is 4.74 Å². The molecule has 1 aromatic carbocycles. The predicted molar refractivity (Wildman–Crippen MR) is 75.8 cm³/mol. The number of hydrogen-bond donors (Lipinski definition) is 5. The van der Waals surface area contributed by atoms with Gasteiger partial charge in [-0.1, -0.05) is 0 Å². The van der Waals surface area contributed by atoms with Crippen LogP contribution in [0.4, 0.5) is 11.4 Å². The van der Waals surface area contributed by atoms with Gasteiger partial charge in [-0.3, -0.25) is 10.1 Å². The first-order chi connectivity index (χ1) is 11.4. The Balaban J connectivity index is 1.78. The molecular weight excluding hydrogens is 328 g/mol. The Hall–Kier alpha value is -2.38. The normalized spacial score (nSPS) is 30.4. The Kier molecular flexibility index (Phi) is 4.29. The molecule has 5 N–H and O–H groups in total. The van der Waals surface area contributed by atoms with Crippen molar-refractivity contribution >= 4 is 22.4 Å². The van der Waals surface area contributed by atoms with Crippen molar-refractivity contribution in [3.05, 3.63) is 22.2 Å². The maximum absolute atomic E-state index is 10.9. The zero-order chi connectivity index (χ0) is 17.4. The summed E-state index contributed by atoms with van der Waals surface area (Å²) in [5.74, 6) is 0. The lowest BCUT2D eigenvalue weighted by Crippen LogP contribution is -2.59. The number of hydrogen-bond acceptors (Lipinski definition) is 11. The molecule has 12 nitrogen and oxygen atoms in total. The van der Waals surface area contributed by atoms with E-state index in [1.54, 1.807) is 0 Å². The van der Waals surface area contributed by atoms with Gasteiger partial charge in [0.25, 0.3) is 0 Å². The molecule has 12 heteroatoms. The number of nitro benzene ring substituents is 1. The zero-order valence-electron chi connectivity index (χ0n) is 12.0. The second kappa shape index (κ2) is 6.26. The fourth-order valence-electron chi connectivity index (χ4n) is 2.45. The highest BCUT2D eigenvalue weighted by Crippen LogP contribution is 2.29. The summed E-state index contributed by atoms with van der Waals surface area (Å²) in [7, 11) is 0. The van der Waals surface area contributed by atoms with Gasteiger partial charge in [-0.25, -0.2) is 4.63 Å². The van der Waals surface area contributed by atoms with E-state index in [0.717, 1.165) is 0 Å². The van der Waals surface area contributed by atoms with Crippen molar-refractivity contribution in [1.29, 1.82) is 0 Å². The largest absolute Gasteiger partial charge is 0.388 e. The van der Waals surface area contributed by atoms with Crippen LogP contribution in [0, 0.1) is 10.1 Å². The first-order valence-corrected chi connectivity index (χ1v) is 6.91. The highest BCUT2D eigenvalue weighted by Gasteiger charge is 2.42. The van der Waals surface area contributed by atoms with Crippen LogP contribution in [0.1, 0.15) is 0 Å². The number of fused-ring (bicyclic) bond motifs is 1. The maximum atomic E-state index is 10.9. The van der Waals surface area contributed by atoms with Crippen molar-refractivity contribution in [2.45, 2.75) is 30.7 Å². The van der Waals surface area contributed by atoms with E-state index in [1.165, 1.54) is 12.1 Å². The summed E-state index contributed by atoms with van der Waals surface area (Å²) < 4.78 is 9.54. The van der Waals surface area contributed by atoms with Crippen molar-refractivity contribution in [2.24, 2.45) is 0 Å². The van der Waals surface area contributed by atoms with Gasteiger partial charge in [0.05, 0.1) is 10.6 Å². The van der Waals surface area contributed by atoms with Gasteiger partial charge in [0.1, 0.15) is 24.4 Å². The monoisotopic (exact) mass is 342 g/mol. The van der Waals surface area contributed by atoms with E-state index in [1.807, 2.05) is 0 Å². The molecule has 24 heavy (non-hydrogen) atoms. The van der Waals surface area contributed by atoms with Crippen LogP contribution in [0.25, 0.3) is 11.0 Å². The van der Waals surface area contributed by atoms with Crippen LogP contribution in [-0.4, -0.2) is 72.9 Å². The molecule has 3 unspecified atom stereocenters. The highest BCUT2D eigenvalue weighted by molar-refractivity contribution is 5.93. The Morgan fingerprint density at radius 2 is 1.83 bits per heavy atom. The topological polar surface area (TPSA) is 184 Å². The van der Waals surface area contributed by atoms with Crippen molar-refractivity contribution < 1.29 is 34.7 Å². The van der Waals surface area contributed by atoms with Crippen LogP contribution in [0.3, 0.4) is 0 Å². The zero-order valence-corrected chi connectivity index (χ0v) is 12.0. The number of aliphatic hydroxyl groups is 4.